The minimum Gasteiger partial charge on any atom is -0.397 e. The molecule has 1 aromatic carbocycles. The first-order valence-corrected chi connectivity index (χ1v) is 5.91. The molecule has 1 amide bonds. The van der Waals surface area contributed by atoms with Crippen molar-refractivity contribution in [3.05, 3.63) is 22.4 Å². The van der Waals surface area contributed by atoms with E-state index in [-0.39, 0.29) is 27.9 Å². The van der Waals surface area contributed by atoms with Gasteiger partial charge in [-0.15, -0.1) is 11.6 Å². The number of rotatable bonds is 1. The van der Waals surface area contributed by atoms with Gasteiger partial charge < -0.3 is 10.6 Å². The molecule has 0 radical (unpaired) electrons. The van der Waals surface area contributed by atoms with E-state index in [0.29, 0.717) is 12.2 Å². The van der Waals surface area contributed by atoms with Crippen LogP contribution < -0.4 is 10.6 Å². The molecule has 16 heavy (non-hydrogen) atoms. The minimum absolute atomic E-state index is 0.0924. The Balaban J connectivity index is 2.41. The minimum atomic E-state index is -0.449. The molecule has 2 rings (SSSR count). The number of alkyl halides is 1. The summed E-state index contributed by atoms with van der Waals surface area (Å²) in [6.07, 6.45) is 0.288. The molecule has 1 unspecified atom stereocenters. The Morgan fingerprint density at radius 3 is 2.81 bits per heavy atom. The number of halogens is 3. The SMILES string of the molecule is Nc1cc(F)c(Br)cc1N1CC(Cl)CC1=O. The van der Waals surface area contributed by atoms with Gasteiger partial charge in [-0.25, -0.2) is 4.39 Å². The number of carbonyl (C=O) groups excluding carboxylic acids is 1. The second-order valence-corrected chi connectivity index (χ2v) is 5.10. The molecular formula is C10H9BrClFN2O. The van der Waals surface area contributed by atoms with Crippen LogP contribution in [0.15, 0.2) is 16.6 Å². The Bertz CT molecular complexity index is 455. The normalized spacial score (nSPS) is 20.6. The summed E-state index contributed by atoms with van der Waals surface area (Å²) in [5.41, 5.74) is 6.42. The molecule has 1 saturated heterocycles. The summed E-state index contributed by atoms with van der Waals surface area (Å²) in [6.45, 7) is 0.405. The molecule has 86 valence electrons. The highest BCUT2D eigenvalue weighted by molar-refractivity contribution is 9.10. The summed E-state index contributed by atoms with van der Waals surface area (Å²) in [4.78, 5) is 13.1. The molecule has 1 atom stereocenters. The van der Waals surface area contributed by atoms with Crippen LogP contribution in [0.1, 0.15) is 6.42 Å². The van der Waals surface area contributed by atoms with Crippen LogP contribution in [-0.4, -0.2) is 17.8 Å². The predicted molar refractivity (Wildman–Crippen MR) is 65.1 cm³/mol. The van der Waals surface area contributed by atoms with Crippen LogP contribution in [0.2, 0.25) is 0 Å². The number of nitrogens with zero attached hydrogens (tertiary/aromatic N) is 1. The lowest BCUT2D eigenvalue weighted by Gasteiger charge is -2.18. The Labute approximate surface area is 105 Å². The third-order valence-corrected chi connectivity index (χ3v) is 3.34. The van der Waals surface area contributed by atoms with E-state index in [0.717, 1.165) is 0 Å². The van der Waals surface area contributed by atoms with Gasteiger partial charge in [-0.05, 0) is 22.0 Å². The van der Waals surface area contributed by atoms with E-state index in [9.17, 15) is 9.18 Å². The van der Waals surface area contributed by atoms with E-state index in [1.165, 1.54) is 17.0 Å². The molecule has 0 bridgehead atoms. The lowest BCUT2D eigenvalue weighted by atomic mass is 10.2. The van der Waals surface area contributed by atoms with E-state index in [1.807, 2.05) is 0 Å². The number of nitrogens with two attached hydrogens (primary N) is 1. The molecular weight excluding hydrogens is 298 g/mol. The largest absolute Gasteiger partial charge is 0.397 e. The standard InChI is InChI=1S/C10H9BrClFN2O/c11-6-2-9(8(14)3-7(6)13)15-4-5(12)1-10(15)16/h2-3,5H,1,4,14H2. The van der Waals surface area contributed by atoms with Gasteiger partial charge >= 0.3 is 0 Å². The molecule has 0 aromatic heterocycles. The van der Waals surface area contributed by atoms with Crippen molar-refractivity contribution in [1.82, 2.24) is 0 Å². The summed E-state index contributed by atoms with van der Waals surface area (Å²) in [5, 5.41) is -0.212. The van der Waals surface area contributed by atoms with Crippen LogP contribution in [0.5, 0.6) is 0 Å². The second kappa shape index (κ2) is 4.22. The smallest absolute Gasteiger partial charge is 0.228 e. The fourth-order valence-electron chi connectivity index (χ4n) is 1.68. The zero-order valence-electron chi connectivity index (χ0n) is 8.21. The zero-order chi connectivity index (χ0) is 11.9. The van der Waals surface area contributed by atoms with Crippen molar-refractivity contribution in [2.45, 2.75) is 11.8 Å². The lowest BCUT2D eigenvalue weighted by Crippen LogP contribution is -2.25. The third kappa shape index (κ3) is 2.01. The predicted octanol–water partition coefficient (Wildman–Crippen LogP) is 2.51. The molecule has 1 fully saturated rings. The molecule has 6 heteroatoms. The Morgan fingerprint density at radius 1 is 1.56 bits per heavy atom. The van der Waals surface area contributed by atoms with Gasteiger partial charge in [-0.1, -0.05) is 0 Å². The summed E-state index contributed by atoms with van der Waals surface area (Å²) in [6, 6.07) is 2.69. The van der Waals surface area contributed by atoms with Crippen LogP contribution in [0.3, 0.4) is 0 Å². The Kier molecular flexibility index (Phi) is 3.08. The molecule has 1 aliphatic rings. The fourth-order valence-corrected chi connectivity index (χ4v) is 2.28. The number of benzene rings is 1. The van der Waals surface area contributed by atoms with Gasteiger partial charge in [0.2, 0.25) is 5.91 Å². The zero-order valence-corrected chi connectivity index (χ0v) is 10.6. The highest BCUT2D eigenvalue weighted by Crippen LogP contribution is 2.33. The van der Waals surface area contributed by atoms with Gasteiger partial charge in [0, 0.05) is 19.0 Å². The molecule has 3 nitrogen and oxygen atoms in total. The Hall–Kier alpha value is -0.810. The van der Waals surface area contributed by atoms with Crippen LogP contribution in [0.4, 0.5) is 15.8 Å². The van der Waals surface area contributed by atoms with Crippen molar-refractivity contribution >= 4 is 44.8 Å². The fraction of sp³-hybridized carbons (Fsp3) is 0.300. The van der Waals surface area contributed by atoms with E-state index in [4.69, 9.17) is 17.3 Å². The van der Waals surface area contributed by atoms with E-state index in [2.05, 4.69) is 15.9 Å². The molecule has 1 heterocycles. The van der Waals surface area contributed by atoms with Crippen molar-refractivity contribution in [2.24, 2.45) is 0 Å². The monoisotopic (exact) mass is 306 g/mol. The molecule has 2 N–H and O–H groups in total. The number of nitrogen functional groups attached to an aromatic ring is 1. The average molecular weight is 308 g/mol. The lowest BCUT2D eigenvalue weighted by molar-refractivity contribution is -0.117. The van der Waals surface area contributed by atoms with Gasteiger partial charge in [0.1, 0.15) is 5.82 Å². The maximum absolute atomic E-state index is 13.2. The third-order valence-electron chi connectivity index (χ3n) is 2.44. The first kappa shape index (κ1) is 11.7. The first-order chi connectivity index (χ1) is 7.49. The number of amides is 1. The van der Waals surface area contributed by atoms with E-state index < -0.39 is 5.82 Å². The van der Waals surface area contributed by atoms with Crippen molar-refractivity contribution in [2.75, 3.05) is 17.2 Å². The first-order valence-electron chi connectivity index (χ1n) is 4.68. The van der Waals surface area contributed by atoms with Crippen LogP contribution in [0.25, 0.3) is 0 Å². The summed E-state index contributed by atoms with van der Waals surface area (Å²) >= 11 is 8.95. The molecule has 0 aliphatic carbocycles. The number of hydrogen-bond donors (Lipinski definition) is 1. The van der Waals surface area contributed by atoms with Gasteiger partial charge in [0.05, 0.1) is 21.2 Å². The maximum atomic E-state index is 13.2. The molecule has 1 aliphatic heterocycles. The molecule has 0 spiro atoms. The molecule has 1 aromatic rings. The Morgan fingerprint density at radius 2 is 2.25 bits per heavy atom. The number of anilines is 2. The van der Waals surface area contributed by atoms with Crippen LogP contribution in [-0.2, 0) is 4.79 Å². The second-order valence-electron chi connectivity index (χ2n) is 3.63. The van der Waals surface area contributed by atoms with Crippen molar-refractivity contribution < 1.29 is 9.18 Å². The highest BCUT2D eigenvalue weighted by Gasteiger charge is 2.30. The van der Waals surface area contributed by atoms with Gasteiger partial charge in [0.25, 0.3) is 0 Å². The van der Waals surface area contributed by atoms with E-state index in [1.54, 1.807) is 0 Å². The van der Waals surface area contributed by atoms with Gasteiger partial charge in [0.15, 0.2) is 0 Å². The van der Waals surface area contributed by atoms with Crippen molar-refractivity contribution in [3.8, 4) is 0 Å². The average Bonchev–Trinajstić information content (AvgIpc) is 2.51. The number of carbonyl (C=O) groups is 1. The van der Waals surface area contributed by atoms with Crippen LogP contribution >= 0.6 is 27.5 Å². The van der Waals surface area contributed by atoms with E-state index >= 15 is 0 Å². The number of hydrogen-bond acceptors (Lipinski definition) is 2. The quantitative estimate of drug-likeness (QED) is 0.640. The molecule has 0 saturated carbocycles. The van der Waals surface area contributed by atoms with Gasteiger partial charge in [-0.2, -0.15) is 0 Å². The highest BCUT2D eigenvalue weighted by atomic mass is 79.9. The summed E-state index contributed by atoms with van der Waals surface area (Å²) in [7, 11) is 0. The topological polar surface area (TPSA) is 46.3 Å². The van der Waals surface area contributed by atoms with Crippen molar-refractivity contribution in [3.63, 3.8) is 0 Å². The maximum Gasteiger partial charge on any atom is 0.228 e. The van der Waals surface area contributed by atoms with Crippen molar-refractivity contribution in [1.29, 1.82) is 0 Å². The summed E-state index contributed by atoms with van der Waals surface area (Å²) in [5.74, 6) is -0.541. The van der Waals surface area contributed by atoms with Crippen LogP contribution in [0, 0.1) is 5.82 Å². The van der Waals surface area contributed by atoms with Gasteiger partial charge in [-0.3, -0.25) is 4.79 Å². The summed E-state index contributed by atoms with van der Waals surface area (Å²) < 4.78 is 13.4.